The minimum Gasteiger partial charge on any atom is -0.444 e. The van der Waals surface area contributed by atoms with Crippen LogP contribution < -0.4 is 16.0 Å². The van der Waals surface area contributed by atoms with Crippen molar-refractivity contribution in [3.63, 3.8) is 0 Å². The van der Waals surface area contributed by atoms with Gasteiger partial charge in [-0.2, -0.15) is 0 Å². The maximum atomic E-state index is 12.8. The minimum atomic E-state index is -0.745. The van der Waals surface area contributed by atoms with Gasteiger partial charge in [0.2, 0.25) is 11.8 Å². The fourth-order valence-corrected chi connectivity index (χ4v) is 4.77. The van der Waals surface area contributed by atoms with Crippen molar-refractivity contribution in [1.29, 1.82) is 5.41 Å². The van der Waals surface area contributed by atoms with Crippen LogP contribution >= 0.6 is 11.3 Å². The molecule has 0 unspecified atom stereocenters. The highest BCUT2D eigenvalue weighted by Gasteiger charge is 2.34. The smallest absolute Gasteiger partial charge is 0.414 e. The standard InChI is InChI=1S/C26H33N5O5S/c27-25(30-26(35)36-18-19-7-2-1-3-8-19)28-14-4-9-20(17-32)29-24(34)22-11-5-15-31(22)23(33)13-12-21-10-6-16-37-21/h1-3,6-8,10,16-17,20,22H,4-5,9,11-15,18H2,(H,29,34)(H3,27,28,30,35)/t20-,22-/m0/s1. The molecule has 1 saturated heterocycles. The Hall–Kier alpha value is -3.73. The van der Waals surface area contributed by atoms with Crippen LogP contribution in [-0.4, -0.2) is 60.2 Å². The van der Waals surface area contributed by atoms with E-state index >= 15 is 0 Å². The van der Waals surface area contributed by atoms with Gasteiger partial charge >= 0.3 is 6.09 Å². The van der Waals surface area contributed by atoms with E-state index in [0.717, 1.165) is 16.9 Å². The molecular weight excluding hydrogens is 494 g/mol. The molecule has 0 spiro atoms. The van der Waals surface area contributed by atoms with E-state index in [1.165, 1.54) is 0 Å². The maximum Gasteiger partial charge on any atom is 0.414 e. The average molecular weight is 528 g/mol. The number of aldehydes is 1. The zero-order chi connectivity index (χ0) is 26.5. The summed E-state index contributed by atoms with van der Waals surface area (Å²) in [4.78, 5) is 51.6. The SMILES string of the molecule is N=C(NCCC[C@@H](C=O)NC(=O)[C@@H]1CCCN1C(=O)CCc1cccs1)NC(=O)OCc1ccccc1. The number of amides is 3. The van der Waals surface area contributed by atoms with Crippen LogP contribution in [0, 0.1) is 5.41 Å². The van der Waals surface area contributed by atoms with E-state index in [1.807, 2.05) is 47.8 Å². The van der Waals surface area contributed by atoms with Crippen molar-refractivity contribution in [2.24, 2.45) is 0 Å². The summed E-state index contributed by atoms with van der Waals surface area (Å²) in [7, 11) is 0. The second kappa shape index (κ2) is 14.7. The Balaban J connectivity index is 1.33. The molecule has 198 valence electrons. The third-order valence-corrected chi connectivity index (χ3v) is 6.90. The van der Waals surface area contributed by atoms with Crippen molar-refractivity contribution in [3.05, 3.63) is 58.3 Å². The van der Waals surface area contributed by atoms with Crippen LogP contribution in [0.1, 0.15) is 42.5 Å². The normalized spacial score (nSPS) is 15.5. The molecule has 0 saturated carbocycles. The Bertz CT molecular complexity index is 1050. The van der Waals surface area contributed by atoms with Gasteiger partial charge in [-0.1, -0.05) is 36.4 Å². The number of guanidine groups is 1. The molecular formula is C26H33N5O5S. The Morgan fingerprint density at radius 3 is 2.73 bits per heavy atom. The predicted octanol–water partition coefficient (Wildman–Crippen LogP) is 2.59. The predicted molar refractivity (Wildman–Crippen MR) is 140 cm³/mol. The first-order valence-electron chi connectivity index (χ1n) is 12.3. The van der Waals surface area contributed by atoms with Crippen molar-refractivity contribution in [2.45, 2.75) is 57.2 Å². The van der Waals surface area contributed by atoms with Crippen LogP contribution in [0.2, 0.25) is 0 Å². The second-order valence-electron chi connectivity index (χ2n) is 8.71. The van der Waals surface area contributed by atoms with Gasteiger partial charge in [0.15, 0.2) is 5.96 Å². The van der Waals surface area contributed by atoms with Gasteiger partial charge in [-0.3, -0.25) is 20.3 Å². The van der Waals surface area contributed by atoms with Crippen molar-refractivity contribution in [3.8, 4) is 0 Å². The third kappa shape index (κ3) is 9.34. The molecule has 10 nitrogen and oxygen atoms in total. The summed E-state index contributed by atoms with van der Waals surface area (Å²) in [5.74, 6) is -0.582. The summed E-state index contributed by atoms with van der Waals surface area (Å²) in [5, 5.41) is 17.6. The van der Waals surface area contributed by atoms with Crippen LogP contribution in [0.15, 0.2) is 47.8 Å². The number of nitrogens with one attached hydrogen (secondary N) is 4. The van der Waals surface area contributed by atoms with Gasteiger partial charge < -0.3 is 25.1 Å². The molecule has 1 fully saturated rings. The highest BCUT2D eigenvalue weighted by molar-refractivity contribution is 7.09. The van der Waals surface area contributed by atoms with Gasteiger partial charge in [0.25, 0.3) is 0 Å². The first-order chi connectivity index (χ1) is 18.0. The molecule has 2 atom stereocenters. The molecule has 2 aromatic rings. The fourth-order valence-electron chi connectivity index (χ4n) is 4.06. The lowest BCUT2D eigenvalue weighted by Gasteiger charge is -2.25. The first kappa shape index (κ1) is 27.9. The topological polar surface area (TPSA) is 141 Å². The van der Waals surface area contributed by atoms with Crippen LogP contribution in [0.3, 0.4) is 0 Å². The number of ether oxygens (including phenoxy) is 1. The quantitative estimate of drug-likeness (QED) is 0.145. The van der Waals surface area contributed by atoms with E-state index in [-0.39, 0.29) is 24.4 Å². The Labute approximate surface area is 220 Å². The molecule has 4 N–H and O–H groups in total. The summed E-state index contributed by atoms with van der Waals surface area (Å²) >= 11 is 1.61. The van der Waals surface area contributed by atoms with Gasteiger partial charge in [-0.05, 0) is 49.1 Å². The number of likely N-dealkylation sites (tertiary alicyclic amines) is 1. The van der Waals surface area contributed by atoms with Crippen molar-refractivity contribution in [2.75, 3.05) is 13.1 Å². The van der Waals surface area contributed by atoms with E-state index in [9.17, 15) is 19.2 Å². The molecule has 37 heavy (non-hydrogen) atoms. The van der Waals surface area contributed by atoms with Gasteiger partial charge in [0.05, 0.1) is 6.04 Å². The molecule has 1 aliphatic heterocycles. The van der Waals surface area contributed by atoms with Crippen LogP contribution in [0.5, 0.6) is 0 Å². The van der Waals surface area contributed by atoms with Crippen LogP contribution in [0.4, 0.5) is 4.79 Å². The van der Waals surface area contributed by atoms with E-state index in [4.69, 9.17) is 10.1 Å². The Kier molecular flexibility index (Phi) is 11.1. The number of benzene rings is 1. The number of nitrogens with zero attached hydrogens (tertiary/aromatic N) is 1. The molecule has 3 rings (SSSR count). The average Bonchev–Trinajstić information content (AvgIpc) is 3.61. The third-order valence-electron chi connectivity index (χ3n) is 5.97. The molecule has 1 aliphatic rings. The zero-order valence-electron chi connectivity index (χ0n) is 20.6. The summed E-state index contributed by atoms with van der Waals surface area (Å²) in [5.41, 5.74) is 0.836. The largest absolute Gasteiger partial charge is 0.444 e. The van der Waals surface area contributed by atoms with Crippen LogP contribution in [-0.2, 0) is 32.1 Å². The number of thiophene rings is 1. The van der Waals surface area contributed by atoms with E-state index in [1.54, 1.807) is 16.2 Å². The van der Waals surface area contributed by atoms with Crippen molar-refractivity contribution in [1.82, 2.24) is 20.9 Å². The lowest BCUT2D eigenvalue weighted by atomic mass is 10.1. The molecule has 1 aromatic carbocycles. The highest BCUT2D eigenvalue weighted by Crippen LogP contribution is 2.20. The van der Waals surface area contributed by atoms with E-state index in [2.05, 4.69) is 16.0 Å². The van der Waals surface area contributed by atoms with Gasteiger partial charge in [0, 0.05) is 24.4 Å². The van der Waals surface area contributed by atoms with Gasteiger partial charge in [-0.25, -0.2) is 4.79 Å². The number of carbonyl (C=O) groups is 4. The van der Waals surface area contributed by atoms with E-state index < -0.39 is 18.2 Å². The van der Waals surface area contributed by atoms with Crippen molar-refractivity contribution >= 4 is 41.5 Å². The molecule has 0 radical (unpaired) electrons. The number of aryl methyl sites for hydroxylation is 1. The number of carbonyl (C=O) groups excluding carboxylic acids is 4. The monoisotopic (exact) mass is 527 g/mol. The molecule has 11 heteroatoms. The number of alkyl carbamates (subject to hydrolysis) is 1. The number of hydrogen-bond donors (Lipinski definition) is 4. The summed E-state index contributed by atoms with van der Waals surface area (Å²) < 4.78 is 5.06. The first-order valence-corrected chi connectivity index (χ1v) is 13.2. The molecule has 1 aromatic heterocycles. The highest BCUT2D eigenvalue weighted by atomic mass is 32.1. The summed E-state index contributed by atoms with van der Waals surface area (Å²) in [6.07, 6.45) is 3.10. The number of rotatable bonds is 12. The van der Waals surface area contributed by atoms with E-state index in [0.29, 0.717) is 51.5 Å². The summed E-state index contributed by atoms with van der Waals surface area (Å²) in [6, 6.07) is 11.9. The Morgan fingerprint density at radius 2 is 2.00 bits per heavy atom. The molecule has 3 amide bonds. The fraction of sp³-hybridized carbons (Fsp3) is 0.423. The van der Waals surface area contributed by atoms with Crippen LogP contribution in [0.25, 0.3) is 0 Å². The molecule has 0 aliphatic carbocycles. The zero-order valence-corrected chi connectivity index (χ0v) is 21.4. The summed E-state index contributed by atoms with van der Waals surface area (Å²) in [6.45, 7) is 0.952. The number of hydrogen-bond acceptors (Lipinski definition) is 7. The minimum absolute atomic E-state index is 0.0498. The maximum absolute atomic E-state index is 12.8. The molecule has 0 bridgehead atoms. The molecule has 2 heterocycles. The lowest BCUT2D eigenvalue weighted by Crippen LogP contribution is -2.49. The van der Waals surface area contributed by atoms with Crippen molar-refractivity contribution < 1.29 is 23.9 Å². The van der Waals surface area contributed by atoms with Gasteiger partial charge in [0.1, 0.15) is 18.9 Å². The Morgan fingerprint density at radius 1 is 1.19 bits per heavy atom. The lowest BCUT2D eigenvalue weighted by molar-refractivity contribution is -0.139. The second-order valence-corrected chi connectivity index (χ2v) is 9.74. The van der Waals surface area contributed by atoms with Gasteiger partial charge in [-0.15, -0.1) is 11.3 Å².